The Morgan fingerprint density at radius 2 is 2.38 bits per heavy atom. The Morgan fingerprint density at radius 1 is 1.75 bits per heavy atom. The molecule has 1 rings (SSSR count). The molecule has 1 heterocycles. The van der Waals surface area contributed by atoms with Crippen LogP contribution in [-0.2, 0) is 0 Å². The third-order valence-corrected chi connectivity index (χ3v) is 1.36. The van der Waals surface area contributed by atoms with E-state index >= 15 is 0 Å². The van der Waals surface area contributed by atoms with E-state index in [2.05, 4.69) is 5.43 Å². The first kappa shape index (κ1) is 5.92. The van der Waals surface area contributed by atoms with E-state index in [-0.39, 0.29) is 0 Å². The minimum atomic E-state index is 0.738. The zero-order chi connectivity index (χ0) is 6.15. The molecule has 1 aliphatic heterocycles. The number of rotatable bonds is 0. The summed E-state index contributed by atoms with van der Waals surface area (Å²) in [4.78, 5) is 0. The van der Waals surface area contributed by atoms with E-state index in [0.29, 0.717) is 0 Å². The Hall–Kier alpha value is -0.210. The summed E-state index contributed by atoms with van der Waals surface area (Å²) >= 11 is 5.66. The van der Waals surface area contributed by atoms with Crippen molar-refractivity contribution in [3.63, 3.8) is 0 Å². The molecule has 0 unspecified atom stereocenters. The lowest BCUT2D eigenvalue weighted by molar-refractivity contribution is 0.365. The van der Waals surface area contributed by atoms with Crippen molar-refractivity contribution in [3.8, 4) is 0 Å². The summed E-state index contributed by atoms with van der Waals surface area (Å²) in [7, 11) is 1.87. The molecule has 1 N–H and O–H groups in total. The van der Waals surface area contributed by atoms with Crippen LogP contribution in [0.25, 0.3) is 0 Å². The highest BCUT2D eigenvalue weighted by Crippen LogP contribution is 2.16. The summed E-state index contributed by atoms with van der Waals surface area (Å²) in [6.07, 6.45) is 1.88. The molecule has 0 aromatic rings. The van der Waals surface area contributed by atoms with Crippen molar-refractivity contribution in [1.82, 2.24) is 10.4 Å². The molecule has 0 aliphatic carbocycles. The topological polar surface area (TPSA) is 15.3 Å². The van der Waals surface area contributed by atoms with Gasteiger partial charge in [0.1, 0.15) is 5.16 Å². The highest BCUT2D eigenvalue weighted by molar-refractivity contribution is 6.29. The average molecular weight is 132 g/mol. The third kappa shape index (κ3) is 0.956. The molecule has 0 aromatic heterocycles. The van der Waals surface area contributed by atoms with Gasteiger partial charge in [-0.3, -0.25) is 0 Å². The molecule has 0 bridgehead atoms. The molecule has 0 saturated carbocycles. The van der Waals surface area contributed by atoms with Crippen LogP contribution in [-0.4, -0.2) is 12.1 Å². The van der Waals surface area contributed by atoms with E-state index in [9.17, 15) is 0 Å². The van der Waals surface area contributed by atoms with Crippen LogP contribution < -0.4 is 5.43 Å². The predicted molar refractivity (Wildman–Crippen MR) is 33.8 cm³/mol. The van der Waals surface area contributed by atoms with Gasteiger partial charge in [-0.25, -0.2) is 5.43 Å². The SMILES string of the molecule is C[C]1C=C(Cl)N(C)N1. The molecule has 0 aromatic carbocycles. The first-order chi connectivity index (χ1) is 3.70. The number of nitrogens with zero attached hydrogens (tertiary/aromatic N) is 1. The first-order valence-corrected chi connectivity index (χ1v) is 2.79. The van der Waals surface area contributed by atoms with Crippen LogP contribution in [0, 0.1) is 6.04 Å². The van der Waals surface area contributed by atoms with Crippen molar-refractivity contribution >= 4 is 11.6 Å². The molecule has 2 nitrogen and oxygen atoms in total. The summed E-state index contributed by atoms with van der Waals surface area (Å²) in [5, 5.41) is 2.50. The highest BCUT2D eigenvalue weighted by Gasteiger charge is 2.13. The van der Waals surface area contributed by atoms with Crippen LogP contribution in [0.2, 0.25) is 0 Å². The molecule has 0 spiro atoms. The third-order valence-electron chi connectivity index (χ3n) is 1.00. The Kier molecular flexibility index (Phi) is 1.45. The van der Waals surface area contributed by atoms with Gasteiger partial charge < -0.3 is 5.01 Å². The van der Waals surface area contributed by atoms with Gasteiger partial charge in [0.2, 0.25) is 0 Å². The fraction of sp³-hybridized carbons (Fsp3) is 0.400. The fourth-order valence-corrected chi connectivity index (χ4v) is 0.832. The number of halogens is 1. The molecule has 0 amide bonds. The summed E-state index contributed by atoms with van der Waals surface area (Å²) in [5.74, 6) is 0. The summed E-state index contributed by atoms with van der Waals surface area (Å²) in [6, 6.07) is 1.08. The second-order valence-corrected chi connectivity index (χ2v) is 2.21. The Bertz CT molecular complexity index is 122. The maximum absolute atomic E-state index is 5.66. The van der Waals surface area contributed by atoms with E-state index in [1.165, 1.54) is 0 Å². The van der Waals surface area contributed by atoms with Crippen molar-refractivity contribution in [2.75, 3.05) is 7.05 Å². The lowest BCUT2D eigenvalue weighted by Gasteiger charge is -2.11. The van der Waals surface area contributed by atoms with Gasteiger partial charge in [0.25, 0.3) is 0 Å². The second-order valence-electron chi connectivity index (χ2n) is 1.82. The molecule has 0 fully saturated rings. The van der Waals surface area contributed by atoms with Crippen LogP contribution in [0.5, 0.6) is 0 Å². The van der Waals surface area contributed by atoms with Gasteiger partial charge in [0.15, 0.2) is 0 Å². The molecule has 3 heteroatoms. The average Bonchev–Trinajstić information content (AvgIpc) is 1.85. The van der Waals surface area contributed by atoms with Crippen molar-refractivity contribution in [1.29, 1.82) is 0 Å². The van der Waals surface area contributed by atoms with Crippen molar-refractivity contribution in [2.24, 2.45) is 0 Å². The smallest absolute Gasteiger partial charge is 0.116 e. The maximum atomic E-state index is 5.66. The number of hydrogen-bond donors (Lipinski definition) is 1. The molecule has 0 atom stereocenters. The Balaban J connectivity index is 2.59. The largest absolute Gasteiger partial charge is 0.300 e. The zero-order valence-electron chi connectivity index (χ0n) is 4.90. The summed E-state index contributed by atoms with van der Waals surface area (Å²) in [5.41, 5.74) is 2.99. The summed E-state index contributed by atoms with van der Waals surface area (Å²) < 4.78 is 0. The van der Waals surface area contributed by atoms with Gasteiger partial charge in [-0.15, -0.1) is 0 Å². The van der Waals surface area contributed by atoms with Crippen LogP contribution in [0.1, 0.15) is 6.92 Å². The van der Waals surface area contributed by atoms with Gasteiger partial charge in [0.05, 0.1) is 6.04 Å². The first-order valence-electron chi connectivity index (χ1n) is 2.41. The van der Waals surface area contributed by atoms with Crippen LogP contribution in [0.4, 0.5) is 0 Å². The quantitative estimate of drug-likeness (QED) is 0.495. The molecule has 1 aliphatic rings. The van der Waals surface area contributed by atoms with Crippen LogP contribution in [0.15, 0.2) is 11.2 Å². The molecular formula is C5H8ClN2. The monoisotopic (exact) mass is 131 g/mol. The minimum absolute atomic E-state index is 0.738. The van der Waals surface area contributed by atoms with Crippen molar-refractivity contribution in [3.05, 3.63) is 17.3 Å². The Morgan fingerprint density at radius 3 is 2.50 bits per heavy atom. The number of nitrogens with one attached hydrogen (secondary N) is 1. The van der Waals surface area contributed by atoms with Gasteiger partial charge in [-0.2, -0.15) is 0 Å². The maximum Gasteiger partial charge on any atom is 0.116 e. The molecule has 0 saturated heterocycles. The van der Waals surface area contributed by atoms with E-state index in [0.717, 1.165) is 11.2 Å². The van der Waals surface area contributed by atoms with Gasteiger partial charge in [-0.1, -0.05) is 11.6 Å². The molecule has 45 valence electrons. The van der Waals surface area contributed by atoms with E-state index in [1.807, 2.05) is 20.0 Å². The van der Waals surface area contributed by atoms with Crippen LogP contribution >= 0.6 is 11.6 Å². The Labute approximate surface area is 54.1 Å². The van der Waals surface area contributed by atoms with Crippen molar-refractivity contribution < 1.29 is 0 Å². The molecule has 8 heavy (non-hydrogen) atoms. The molecule has 1 radical (unpaired) electrons. The zero-order valence-corrected chi connectivity index (χ0v) is 5.66. The van der Waals surface area contributed by atoms with Crippen molar-refractivity contribution in [2.45, 2.75) is 6.92 Å². The normalized spacial score (nSPS) is 21.9. The van der Waals surface area contributed by atoms with Gasteiger partial charge >= 0.3 is 0 Å². The molecular weight excluding hydrogens is 124 g/mol. The summed E-state index contributed by atoms with van der Waals surface area (Å²) in [6.45, 7) is 1.96. The standard InChI is InChI=1S/C5H8ClN2/c1-4-3-5(6)8(2)7-4/h3,7H,1-2H3. The van der Waals surface area contributed by atoms with Gasteiger partial charge in [0, 0.05) is 7.05 Å². The predicted octanol–water partition coefficient (Wildman–Crippen LogP) is 1.07. The minimum Gasteiger partial charge on any atom is -0.300 e. The van der Waals surface area contributed by atoms with Crippen LogP contribution in [0.3, 0.4) is 0 Å². The highest BCUT2D eigenvalue weighted by atomic mass is 35.5. The number of hydrogen-bond acceptors (Lipinski definition) is 2. The second kappa shape index (κ2) is 1.96. The van der Waals surface area contributed by atoms with E-state index in [4.69, 9.17) is 11.6 Å². The van der Waals surface area contributed by atoms with E-state index in [1.54, 1.807) is 5.01 Å². The fourth-order valence-electron chi connectivity index (χ4n) is 0.626. The van der Waals surface area contributed by atoms with E-state index < -0.39 is 0 Å². The van der Waals surface area contributed by atoms with Gasteiger partial charge in [-0.05, 0) is 13.0 Å². The lowest BCUT2D eigenvalue weighted by atomic mass is 10.4. The number of hydrazine groups is 1. The lowest BCUT2D eigenvalue weighted by Crippen LogP contribution is -2.26.